The summed E-state index contributed by atoms with van der Waals surface area (Å²) >= 11 is 5.20. The molecule has 3 nitrogen and oxygen atoms in total. The fourth-order valence-corrected chi connectivity index (χ4v) is 2.30. The summed E-state index contributed by atoms with van der Waals surface area (Å²) in [5, 5.41) is 7.23. The lowest BCUT2D eigenvalue weighted by atomic mass is 10.1. The lowest BCUT2D eigenvalue weighted by Crippen LogP contribution is -2.43. The zero-order chi connectivity index (χ0) is 11.1. The summed E-state index contributed by atoms with van der Waals surface area (Å²) in [6, 6.07) is 0.276. The summed E-state index contributed by atoms with van der Waals surface area (Å²) in [4.78, 5) is 0. The van der Waals surface area contributed by atoms with E-state index in [1.165, 1.54) is 25.7 Å². The molecule has 1 fully saturated rings. The number of thiocarbonyl (C=S) groups is 1. The van der Waals surface area contributed by atoms with Gasteiger partial charge < -0.3 is 15.4 Å². The van der Waals surface area contributed by atoms with Crippen molar-refractivity contribution in [2.75, 3.05) is 20.3 Å². The normalized spacial score (nSPS) is 18.8. The molecule has 88 valence electrons. The molecular weight excluding hydrogens is 208 g/mol. The van der Waals surface area contributed by atoms with E-state index in [0.29, 0.717) is 6.61 Å². The molecule has 0 aromatic carbocycles. The highest BCUT2D eigenvalue weighted by atomic mass is 32.1. The fraction of sp³-hybridized carbons (Fsp3) is 0.909. The molecule has 0 saturated heterocycles. The van der Waals surface area contributed by atoms with E-state index >= 15 is 0 Å². The lowest BCUT2D eigenvalue weighted by Gasteiger charge is -2.17. The van der Waals surface area contributed by atoms with E-state index in [-0.39, 0.29) is 6.04 Å². The molecule has 4 heteroatoms. The Balaban J connectivity index is 2.07. The molecule has 0 heterocycles. The third-order valence-corrected chi connectivity index (χ3v) is 3.08. The first-order valence-corrected chi connectivity index (χ1v) is 6.16. The van der Waals surface area contributed by atoms with Crippen LogP contribution in [-0.2, 0) is 4.74 Å². The van der Waals surface area contributed by atoms with Crippen LogP contribution in [0, 0.1) is 5.92 Å². The number of hydrogen-bond donors (Lipinski definition) is 2. The van der Waals surface area contributed by atoms with Gasteiger partial charge in [-0.25, -0.2) is 0 Å². The quantitative estimate of drug-likeness (QED) is 0.704. The smallest absolute Gasteiger partial charge is 0.166 e. The summed E-state index contributed by atoms with van der Waals surface area (Å²) < 4.78 is 5.03. The Labute approximate surface area is 98.0 Å². The standard InChI is InChI=1S/C11H22N2OS/c1-9(8-14-2)13-11(15)12-7-10-5-3-4-6-10/h9-10H,3-8H2,1-2H3,(H2,12,13,15). The van der Waals surface area contributed by atoms with Crippen molar-refractivity contribution in [2.45, 2.75) is 38.6 Å². The Bertz CT molecular complexity index is 193. The van der Waals surface area contributed by atoms with Crippen LogP contribution in [0.15, 0.2) is 0 Å². The molecule has 0 aliphatic heterocycles. The molecule has 1 aliphatic carbocycles. The highest BCUT2D eigenvalue weighted by Gasteiger charge is 2.14. The van der Waals surface area contributed by atoms with Crippen LogP contribution in [-0.4, -0.2) is 31.4 Å². The number of ether oxygens (including phenoxy) is 1. The summed E-state index contributed by atoms with van der Waals surface area (Å²) in [7, 11) is 1.70. The van der Waals surface area contributed by atoms with Gasteiger partial charge in [0.25, 0.3) is 0 Å². The van der Waals surface area contributed by atoms with Crippen molar-refractivity contribution >= 4 is 17.3 Å². The monoisotopic (exact) mass is 230 g/mol. The molecule has 0 bridgehead atoms. The number of methoxy groups -OCH3 is 1. The molecule has 0 aromatic rings. The first-order valence-electron chi connectivity index (χ1n) is 5.75. The molecule has 1 saturated carbocycles. The molecule has 1 unspecified atom stereocenters. The van der Waals surface area contributed by atoms with Crippen molar-refractivity contribution in [3.8, 4) is 0 Å². The minimum absolute atomic E-state index is 0.276. The Kier molecular flexibility index (Phi) is 5.95. The maximum Gasteiger partial charge on any atom is 0.166 e. The second-order valence-electron chi connectivity index (χ2n) is 4.36. The minimum atomic E-state index is 0.276. The summed E-state index contributed by atoms with van der Waals surface area (Å²) in [5.74, 6) is 0.822. The molecule has 1 atom stereocenters. The van der Waals surface area contributed by atoms with Gasteiger partial charge in [0.05, 0.1) is 6.61 Å². The predicted octanol–water partition coefficient (Wildman–Crippen LogP) is 1.68. The van der Waals surface area contributed by atoms with E-state index in [9.17, 15) is 0 Å². The predicted molar refractivity (Wildman–Crippen MR) is 67.0 cm³/mol. The molecule has 0 spiro atoms. The van der Waals surface area contributed by atoms with Crippen LogP contribution in [0.25, 0.3) is 0 Å². The zero-order valence-electron chi connectivity index (χ0n) is 9.71. The molecule has 0 radical (unpaired) electrons. The van der Waals surface area contributed by atoms with Gasteiger partial charge in [0, 0.05) is 19.7 Å². The number of hydrogen-bond acceptors (Lipinski definition) is 2. The van der Waals surface area contributed by atoms with Gasteiger partial charge in [-0.1, -0.05) is 12.8 Å². The van der Waals surface area contributed by atoms with Crippen LogP contribution in [0.5, 0.6) is 0 Å². The topological polar surface area (TPSA) is 33.3 Å². The maximum atomic E-state index is 5.20. The Hall–Kier alpha value is -0.350. The molecule has 1 rings (SSSR count). The highest BCUT2D eigenvalue weighted by Crippen LogP contribution is 2.23. The fourth-order valence-electron chi connectivity index (χ4n) is 2.02. The molecule has 1 aliphatic rings. The highest BCUT2D eigenvalue weighted by molar-refractivity contribution is 7.80. The van der Waals surface area contributed by atoms with Gasteiger partial charge in [-0.3, -0.25) is 0 Å². The van der Waals surface area contributed by atoms with Crippen molar-refractivity contribution in [1.29, 1.82) is 0 Å². The van der Waals surface area contributed by atoms with Crippen LogP contribution in [0.4, 0.5) is 0 Å². The summed E-state index contributed by atoms with van der Waals surface area (Å²) in [6.07, 6.45) is 5.46. The Morgan fingerprint density at radius 2 is 2.13 bits per heavy atom. The maximum absolute atomic E-state index is 5.20. The third-order valence-electron chi connectivity index (χ3n) is 2.82. The molecule has 2 N–H and O–H groups in total. The molecule has 0 amide bonds. The van der Waals surface area contributed by atoms with E-state index in [1.54, 1.807) is 7.11 Å². The van der Waals surface area contributed by atoms with Gasteiger partial charge in [0.2, 0.25) is 0 Å². The number of nitrogens with one attached hydrogen (secondary N) is 2. The van der Waals surface area contributed by atoms with Crippen LogP contribution >= 0.6 is 12.2 Å². The lowest BCUT2D eigenvalue weighted by molar-refractivity contribution is 0.179. The van der Waals surface area contributed by atoms with E-state index in [1.807, 2.05) is 0 Å². The van der Waals surface area contributed by atoms with Gasteiger partial charge in [-0.15, -0.1) is 0 Å². The summed E-state index contributed by atoms with van der Waals surface area (Å²) in [6.45, 7) is 3.77. The SMILES string of the molecule is COCC(C)NC(=S)NCC1CCCC1. The van der Waals surface area contributed by atoms with Crippen molar-refractivity contribution in [1.82, 2.24) is 10.6 Å². The van der Waals surface area contributed by atoms with E-state index in [0.717, 1.165) is 17.6 Å². The van der Waals surface area contributed by atoms with Gasteiger partial charge in [-0.05, 0) is 37.9 Å². The van der Waals surface area contributed by atoms with Crippen LogP contribution in [0.3, 0.4) is 0 Å². The van der Waals surface area contributed by atoms with Crippen LogP contribution in [0.1, 0.15) is 32.6 Å². The van der Waals surface area contributed by atoms with E-state index in [2.05, 4.69) is 17.6 Å². The molecule has 0 aromatic heterocycles. The average molecular weight is 230 g/mol. The first kappa shape index (κ1) is 12.7. The van der Waals surface area contributed by atoms with Crippen molar-refractivity contribution < 1.29 is 4.74 Å². The summed E-state index contributed by atoms with van der Waals surface area (Å²) in [5.41, 5.74) is 0. The van der Waals surface area contributed by atoms with E-state index in [4.69, 9.17) is 17.0 Å². The van der Waals surface area contributed by atoms with Crippen LogP contribution < -0.4 is 10.6 Å². The van der Waals surface area contributed by atoms with Gasteiger partial charge in [-0.2, -0.15) is 0 Å². The third kappa shape index (κ3) is 5.33. The largest absolute Gasteiger partial charge is 0.383 e. The average Bonchev–Trinajstić information content (AvgIpc) is 2.67. The Morgan fingerprint density at radius 3 is 2.73 bits per heavy atom. The van der Waals surface area contributed by atoms with E-state index < -0.39 is 0 Å². The van der Waals surface area contributed by atoms with Crippen molar-refractivity contribution in [3.63, 3.8) is 0 Å². The van der Waals surface area contributed by atoms with Gasteiger partial charge >= 0.3 is 0 Å². The molecule has 15 heavy (non-hydrogen) atoms. The van der Waals surface area contributed by atoms with Crippen molar-refractivity contribution in [3.05, 3.63) is 0 Å². The minimum Gasteiger partial charge on any atom is -0.383 e. The Morgan fingerprint density at radius 1 is 1.47 bits per heavy atom. The van der Waals surface area contributed by atoms with Crippen LogP contribution in [0.2, 0.25) is 0 Å². The van der Waals surface area contributed by atoms with Crippen molar-refractivity contribution in [2.24, 2.45) is 5.92 Å². The second-order valence-corrected chi connectivity index (χ2v) is 4.77. The first-order chi connectivity index (χ1) is 7.22. The van der Waals surface area contributed by atoms with Gasteiger partial charge in [0.15, 0.2) is 5.11 Å². The second kappa shape index (κ2) is 7.01. The zero-order valence-corrected chi connectivity index (χ0v) is 10.5. The van der Waals surface area contributed by atoms with Gasteiger partial charge in [0.1, 0.15) is 0 Å². The molecular formula is C11H22N2OS. The number of rotatable bonds is 5.